The van der Waals surface area contributed by atoms with Crippen molar-refractivity contribution in [3.63, 3.8) is 0 Å². The number of amides is 2. The molecule has 0 saturated heterocycles. The first-order valence-corrected chi connectivity index (χ1v) is 10.9. The lowest BCUT2D eigenvalue weighted by Gasteiger charge is -2.10. The van der Waals surface area contributed by atoms with Crippen molar-refractivity contribution < 1.29 is 14.3 Å². The molecule has 0 spiro atoms. The van der Waals surface area contributed by atoms with Gasteiger partial charge in [0.2, 0.25) is 11.8 Å². The summed E-state index contributed by atoms with van der Waals surface area (Å²) in [7, 11) is 0. The van der Waals surface area contributed by atoms with Gasteiger partial charge in [-0.15, -0.1) is 0 Å². The maximum absolute atomic E-state index is 12.1. The van der Waals surface area contributed by atoms with Crippen LogP contribution in [0.25, 0.3) is 0 Å². The zero-order valence-corrected chi connectivity index (χ0v) is 19.4. The molecule has 3 aromatic rings. The van der Waals surface area contributed by atoms with Crippen LogP contribution in [0.2, 0.25) is 5.02 Å². The van der Waals surface area contributed by atoms with Crippen LogP contribution in [-0.4, -0.2) is 18.0 Å². The Bertz CT molecular complexity index is 1130. The van der Waals surface area contributed by atoms with Gasteiger partial charge in [0.05, 0.1) is 6.21 Å². The molecule has 0 radical (unpaired) electrons. The van der Waals surface area contributed by atoms with Gasteiger partial charge in [0.25, 0.3) is 0 Å². The molecule has 0 atom stereocenters. The zero-order valence-electron chi connectivity index (χ0n) is 18.6. The molecule has 0 aliphatic rings. The Hall–Kier alpha value is -3.64. The van der Waals surface area contributed by atoms with Crippen LogP contribution in [-0.2, 0) is 16.2 Å². The summed E-state index contributed by atoms with van der Waals surface area (Å²) < 4.78 is 5.75. The molecule has 0 heterocycles. The van der Waals surface area contributed by atoms with Gasteiger partial charge in [-0.1, -0.05) is 35.9 Å². The fourth-order valence-corrected chi connectivity index (χ4v) is 3.08. The van der Waals surface area contributed by atoms with Crippen LogP contribution < -0.4 is 15.5 Å². The van der Waals surface area contributed by atoms with E-state index in [0.717, 1.165) is 33.7 Å². The second-order valence-corrected chi connectivity index (χ2v) is 8.01. The second-order valence-electron chi connectivity index (χ2n) is 7.57. The van der Waals surface area contributed by atoms with Gasteiger partial charge in [-0.3, -0.25) is 9.59 Å². The van der Waals surface area contributed by atoms with E-state index in [1.165, 1.54) is 6.21 Å². The summed E-state index contributed by atoms with van der Waals surface area (Å²) in [4.78, 5) is 24.1. The lowest BCUT2D eigenvalue weighted by Crippen LogP contribution is -2.21. The van der Waals surface area contributed by atoms with E-state index in [4.69, 9.17) is 16.3 Å². The molecule has 3 rings (SSSR count). The summed E-state index contributed by atoms with van der Waals surface area (Å²) in [6.45, 7) is 4.38. The third kappa shape index (κ3) is 7.77. The van der Waals surface area contributed by atoms with Crippen LogP contribution in [0.5, 0.6) is 5.75 Å². The number of benzene rings is 3. The molecule has 6 nitrogen and oxygen atoms in total. The number of carbonyl (C=O) groups excluding carboxylic acids is 2. The average Bonchev–Trinajstić information content (AvgIpc) is 2.81. The Morgan fingerprint density at radius 3 is 2.36 bits per heavy atom. The maximum atomic E-state index is 12.1. The highest BCUT2D eigenvalue weighted by molar-refractivity contribution is 6.30. The number of nitrogens with one attached hydrogen (secondary N) is 2. The number of nitrogens with zero attached hydrogens (tertiary/aromatic N) is 1. The fourth-order valence-electron chi connectivity index (χ4n) is 2.96. The monoisotopic (exact) mass is 463 g/mol. The van der Waals surface area contributed by atoms with Crippen LogP contribution in [0.15, 0.2) is 71.8 Å². The number of anilines is 1. The smallest absolute Gasteiger partial charge is 0.240 e. The molecule has 0 unspecified atom stereocenters. The number of hydrogen-bond acceptors (Lipinski definition) is 4. The molecule has 170 valence electrons. The second kappa shape index (κ2) is 11.8. The lowest BCUT2D eigenvalue weighted by molar-refractivity contribution is -0.124. The van der Waals surface area contributed by atoms with Gasteiger partial charge >= 0.3 is 0 Å². The topological polar surface area (TPSA) is 79.8 Å². The van der Waals surface area contributed by atoms with Crippen molar-refractivity contribution in [1.29, 1.82) is 0 Å². The summed E-state index contributed by atoms with van der Waals surface area (Å²) in [5.41, 5.74) is 7.15. The van der Waals surface area contributed by atoms with Gasteiger partial charge in [0.1, 0.15) is 12.4 Å². The highest BCUT2D eigenvalue weighted by atomic mass is 35.5. The summed E-state index contributed by atoms with van der Waals surface area (Å²) >= 11 is 5.88. The molecular formula is C26H26ClN3O3. The van der Waals surface area contributed by atoms with E-state index in [1.807, 2.05) is 80.6 Å². The third-order valence-electron chi connectivity index (χ3n) is 5.06. The molecule has 33 heavy (non-hydrogen) atoms. The minimum absolute atomic E-state index is 0.0471. The van der Waals surface area contributed by atoms with Crippen LogP contribution in [0, 0.1) is 13.8 Å². The first kappa shape index (κ1) is 24.0. The van der Waals surface area contributed by atoms with E-state index >= 15 is 0 Å². The summed E-state index contributed by atoms with van der Waals surface area (Å²) in [5.74, 6) is 0.184. The van der Waals surface area contributed by atoms with Gasteiger partial charge in [0, 0.05) is 23.6 Å². The van der Waals surface area contributed by atoms with Gasteiger partial charge in [-0.2, -0.15) is 5.10 Å². The normalized spacial score (nSPS) is 10.8. The van der Waals surface area contributed by atoms with E-state index < -0.39 is 0 Å². The first-order valence-electron chi connectivity index (χ1n) is 10.6. The van der Waals surface area contributed by atoms with Crippen molar-refractivity contribution in [2.75, 3.05) is 5.32 Å². The van der Waals surface area contributed by atoms with Crippen molar-refractivity contribution in [3.8, 4) is 5.75 Å². The van der Waals surface area contributed by atoms with E-state index in [2.05, 4.69) is 15.8 Å². The number of halogens is 1. The van der Waals surface area contributed by atoms with Gasteiger partial charge < -0.3 is 10.1 Å². The molecule has 7 heteroatoms. The molecule has 0 bridgehead atoms. The number of carbonyl (C=O) groups is 2. The number of hydrazone groups is 1. The number of rotatable bonds is 9. The molecule has 2 N–H and O–H groups in total. The molecule has 0 aromatic heterocycles. The van der Waals surface area contributed by atoms with Crippen molar-refractivity contribution in [2.45, 2.75) is 33.3 Å². The van der Waals surface area contributed by atoms with Crippen molar-refractivity contribution in [3.05, 3.63) is 94.0 Å². The Labute approximate surface area is 198 Å². The third-order valence-corrected chi connectivity index (χ3v) is 5.31. The van der Waals surface area contributed by atoms with Crippen LogP contribution in [0.1, 0.15) is 35.1 Å². The van der Waals surface area contributed by atoms with Gasteiger partial charge in [-0.05, 0) is 78.6 Å². The van der Waals surface area contributed by atoms with Crippen molar-refractivity contribution >= 4 is 35.3 Å². The predicted molar refractivity (Wildman–Crippen MR) is 132 cm³/mol. The van der Waals surface area contributed by atoms with Crippen molar-refractivity contribution in [1.82, 2.24) is 5.43 Å². The minimum atomic E-state index is -0.328. The standard InChI is InChI=1S/C26H26ClN3O3/c1-18-4-3-5-24(19(18)2)29-25(31)14-15-26(32)30-28-16-20-8-12-23(13-9-20)33-17-21-6-10-22(27)11-7-21/h3-13,16H,14-15,17H2,1-2H3,(H,29,31)(H,30,32). The van der Waals surface area contributed by atoms with E-state index in [1.54, 1.807) is 0 Å². The first-order chi connectivity index (χ1) is 15.9. The molecule has 2 amide bonds. The van der Waals surface area contributed by atoms with Crippen LogP contribution in [0.3, 0.4) is 0 Å². The molecular weight excluding hydrogens is 438 g/mol. The zero-order chi connectivity index (χ0) is 23.6. The number of aryl methyl sites for hydroxylation is 1. The minimum Gasteiger partial charge on any atom is -0.489 e. The summed E-state index contributed by atoms with van der Waals surface area (Å²) in [6, 6.07) is 20.5. The Balaban J connectivity index is 1.39. The predicted octanol–water partition coefficient (Wildman–Crippen LogP) is 5.40. The SMILES string of the molecule is Cc1cccc(NC(=O)CCC(=O)NN=Cc2ccc(OCc3ccc(Cl)cc3)cc2)c1C. The van der Waals surface area contributed by atoms with Gasteiger partial charge in [-0.25, -0.2) is 5.43 Å². The molecule has 0 saturated carbocycles. The lowest BCUT2D eigenvalue weighted by atomic mass is 10.1. The largest absolute Gasteiger partial charge is 0.489 e. The van der Waals surface area contributed by atoms with E-state index in [0.29, 0.717) is 11.6 Å². The van der Waals surface area contributed by atoms with Gasteiger partial charge in [0.15, 0.2) is 0 Å². The number of ether oxygens (including phenoxy) is 1. The molecule has 0 aliphatic heterocycles. The molecule has 0 fully saturated rings. The highest BCUT2D eigenvalue weighted by Crippen LogP contribution is 2.18. The summed E-state index contributed by atoms with van der Waals surface area (Å²) in [6.07, 6.45) is 1.66. The Kier molecular flexibility index (Phi) is 8.61. The Morgan fingerprint density at radius 1 is 0.939 bits per heavy atom. The molecule has 0 aliphatic carbocycles. The van der Waals surface area contributed by atoms with Crippen LogP contribution in [0.4, 0.5) is 5.69 Å². The van der Waals surface area contributed by atoms with E-state index in [-0.39, 0.29) is 24.7 Å². The summed E-state index contributed by atoms with van der Waals surface area (Å²) in [5, 5.41) is 7.48. The van der Waals surface area contributed by atoms with Crippen molar-refractivity contribution in [2.24, 2.45) is 5.10 Å². The Morgan fingerprint density at radius 2 is 1.64 bits per heavy atom. The average molecular weight is 464 g/mol. The quantitative estimate of drug-likeness (QED) is 0.329. The number of hydrogen-bond donors (Lipinski definition) is 2. The van der Waals surface area contributed by atoms with E-state index in [9.17, 15) is 9.59 Å². The molecule has 3 aromatic carbocycles. The fraction of sp³-hybridized carbons (Fsp3) is 0.192. The highest BCUT2D eigenvalue weighted by Gasteiger charge is 2.08. The maximum Gasteiger partial charge on any atom is 0.240 e. The van der Waals surface area contributed by atoms with Crippen LogP contribution >= 0.6 is 11.6 Å².